The van der Waals surface area contributed by atoms with E-state index in [0.29, 0.717) is 9.90 Å². The molecule has 0 radical (unpaired) electrons. The van der Waals surface area contributed by atoms with Crippen molar-refractivity contribution in [1.82, 2.24) is 5.43 Å². The Labute approximate surface area is 168 Å². The number of fused-ring (bicyclic) bond motifs is 1. The van der Waals surface area contributed by atoms with Crippen LogP contribution in [0.25, 0.3) is 10.1 Å². The molecule has 0 atom stereocenters. The average molecular weight is 420 g/mol. The van der Waals surface area contributed by atoms with E-state index >= 15 is 0 Å². The lowest BCUT2D eigenvalue weighted by molar-refractivity contribution is -0.386. The fourth-order valence-corrected chi connectivity index (χ4v) is 3.88. The predicted molar refractivity (Wildman–Crippen MR) is 108 cm³/mol. The maximum absolute atomic E-state index is 12.4. The molecule has 10 heteroatoms. The number of hydrazone groups is 1. The molecule has 1 aromatic heterocycles. The number of nitrogens with one attached hydrogen (secondary N) is 1. The van der Waals surface area contributed by atoms with Gasteiger partial charge in [0.2, 0.25) is 5.75 Å². The first-order chi connectivity index (χ1) is 13.4. The number of phenolic OH excluding ortho intramolecular Hbond substituents is 1. The van der Waals surface area contributed by atoms with Gasteiger partial charge in [-0.05, 0) is 19.1 Å². The Morgan fingerprint density at radius 1 is 1.43 bits per heavy atom. The summed E-state index contributed by atoms with van der Waals surface area (Å²) in [7, 11) is 0. The van der Waals surface area contributed by atoms with Gasteiger partial charge in [0.05, 0.1) is 22.8 Å². The lowest BCUT2D eigenvalue weighted by atomic mass is 10.2. The lowest BCUT2D eigenvalue weighted by Gasteiger charge is -2.07. The molecule has 0 saturated carbocycles. The van der Waals surface area contributed by atoms with Crippen LogP contribution in [-0.4, -0.2) is 28.8 Å². The molecule has 0 aliphatic carbocycles. The highest BCUT2D eigenvalue weighted by molar-refractivity contribution is 7.21. The zero-order valence-corrected chi connectivity index (χ0v) is 16.1. The van der Waals surface area contributed by atoms with Gasteiger partial charge < -0.3 is 9.84 Å². The molecule has 0 aliphatic heterocycles. The molecule has 2 N–H and O–H groups in total. The largest absolute Gasteiger partial charge is 0.500 e. The molecule has 3 aromatic rings. The fourth-order valence-electron chi connectivity index (χ4n) is 2.47. The second-order valence-corrected chi connectivity index (χ2v) is 6.95. The normalized spacial score (nSPS) is 11.1. The number of thiophene rings is 1. The molecule has 0 unspecified atom stereocenters. The van der Waals surface area contributed by atoms with Crippen molar-refractivity contribution < 1.29 is 19.6 Å². The fraction of sp³-hybridized carbons (Fsp3) is 0.111. The summed E-state index contributed by atoms with van der Waals surface area (Å²) >= 11 is 7.49. The van der Waals surface area contributed by atoms with Crippen LogP contribution in [0.1, 0.15) is 22.2 Å². The third kappa shape index (κ3) is 3.90. The van der Waals surface area contributed by atoms with Gasteiger partial charge in [-0.3, -0.25) is 14.9 Å². The maximum Gasteiger partial charge on any atom is 0.315 e. The number of phenols is 1. The van der Waals surface area contributed by atoms with E-state index in [-0.39, 0.29) is 17.9 Å². The molecule has 0 bridgehead atoms. The van der Waals surface area contributed by atoms with Gasteiger partial charge in [-0.2, -0.15) is 5.10 Å². The smallest absolute Gasteiger partial charge is 0.315 e. The molecule has 3 rings (SSSR count). The quantitative estimate of drug-likeness (QED) is 0.350. The SMILES string of the molecule is CCOc1cc(/C=N/NC(=O)c2sc3ccccc3c2Cl)cc([N+](=O)[O-])c1O. The van der Waals surface area contributed by atoms with E-state index in [0.717, 1.165) is 16.2 Å². The van der Waals surface area contributed by atoms with E-state index in [1.165, 1.54) is 23.6 Å². The molecule has 28 heavy (non-hydrogen) atoms. The van der Waals surface area contributed by atoms with Crippen molar-refractivity contribution >= 4 is 50.8 Å². The van der Waals surface area contributed by atoms with Crippen LogP contribution in [0.5, 0.6) is 11.5 Å². The summed E-state index contributed by atoms with van der Waals surface area (Å²) in [5.41, 5.74) is 2.10. The molecule has 2 aromatic carbocycles. The van der Waals surface area contributed by atoms with Gasteiger partial charge >= 0.3 is 5.69 Å². The number of carbonyl (C=O) groups is 1. The maximum atomic E-state index is 12.4. The van der Waals surface area contributed by atoms with Gasteiger partial charge in [-0.25, -0.2) is 5.43 Å². The van der Waals surface area contributed by atoms with Crippen molar-refractivity contribution in [2.24, 2.45) is 5.10 Å². The van der Waals surface area contributed by atoms with Crippen molar-refractivity contribution in [1.29, 1.82) is 0 Å². The van der Waals surface area contributed by atoms with Crippen LogP contribution in [0.4, 0.5) is 5.69 Å². The molecule has 0 fully saturated rings. The van der Waals surface area contributed by atoms with Gasteiger partial charge in [0.15, 0.2) is 5.75 Å². The molecular formula is C18H14ClN3O5S. The molecular weight excluding hydrogens is 406 g/mol. The number of amides is 1. The van der Waals surface area contributed by atoms with E-state index < -0.39 is 22.3 Å². The monoisotopic (exact) mass is 419 g/mol. The number of benzene rings is 2. The number of rotatable bonds is 6. The van der Waals surface area contributed by atoms with E-state index in [9.17, 15) is 20.0 Å². The molecule has 1 heterocycles. The molecule has 8 nitrogen and oxygen atoms in total. The zero-order chi connectivity index (χ0) is 20.3. The Hall–Kier alpha value is -3.17. The van der Waals surface area contributed by atoms with Gasteiger partial charge in [0.1, 0.15) is 4.88 Å². The number of carbonyl (C=O) groups excluding carboxylic acids is 1. The van der Waals surface area contributed by atoms with Crippen LogP contribution in [0, 0.1) is 10.1 Å². The Kier molecular flexibility index (Phi) is 5.76. The van der Waals surface area contributed by atoms with Gasteiger partial charge in [-0.1, -0.05) is 29.8 Å². The van der Waals surface area contributed by atoms with Crippen LogP contribution in [0.2, 0.25) is 5.02 Å². The number of hydrogen-bond acceptors (Lipinski definition) is 7. The number of nitro groups is 1. The summed E-state index contributed by atoms with van der Waals surface area (Å²) in [5, 5.41) is 25.9. The van der Waals surface area contributed by atoms with Crippen molar-refractivity contribution in [2.75, 3.05) is 6.61 Å². The van der Waals surface area contributed by atoms with E-state index in [1.54, 1.807) is 6.92 Å². The number of halogens is 1. The molecule has 144 valence electrons. The van der Waals surface area contributed by atoms with Gasteiger partial charge in [0, 0.05) is 21.7 Å². The lowest BCUT2D eigenvalue weighted by Crippen LogP contribution is -2.16. The molecule has 0 spiro atoms. The minimum Gasteiger partial charge on any atom is -0.500 e. The van der Waals surface area contributed by atoms with Crippen LogP contribution in [-0.2, 0) is 0 Å². The number of aromatic hydroxyl groups is 1. The summed E-state index contributed by atoms with van der Waals surface area (Å²) in [5.74, 6) is -1.11. The Bertz CT molecular complexity index is 1100. The number of hydrogen-bond donors (Lipinski definition) is 2. The van der Waals surface area contributed by atoms with E-state index in [1.807, 2.05) is 24.3 Å². The topological polar surface area (TPSA) is 114 Å². The van der Waals surface area contributed by atoms with E-state index in [2.05, 4.69) is 10.5 Å². The summed E-state index contributed by atoms with van der Waals surface area (Å²) in [6, 6.07) is 9.86. The van der Waals surface area contributed by atoms with E-state index in [4.69, 9.17) is 16.3 Å². The highest BCUT2D eigenvalue weighted by atomic mass is 35.5. The predicted octanol–water partition coefficient (Wildman–Crippen LogP) is 4.33. The van der Waals surface area contributed by atoms with Crippen LogP contribution in [0.15, 0.2) is 41.5 Å². The summed E-state index contributed by atoms with van der Waals surface area (Å²) in [6.07, 6.45) is 1.22. The Morgan fingerprint density at radius 2 is 2.18 bits per heavy atom. The van der Waals surface area contributed by atoms with Crippen molar-refractivity contribution in [3.63, 3.8) is 0 Å². The van der Waals surface area contributed by atoms with Gasteiger partial charge in [-0.15, -0.1) is 11.3 Å². The summed E-state index contributed by atoms with van der Waals surface area (Å²) in [4.78, 5) is 23.0. The second kappa shape index (κ2) is 8.24. The third-order valence-corrected chi connectivity index (χ3v) is 5.37. The standard InChI is InChI=1S/C18H14ClN3O5S/c1-2-27-13-8-10(7-12(16(13)23)22(25)26)9-20-21-18(24)17-15(19)11-5-3-4-6-14(11)28-17/h3-9,23H,2H2,1H3,(H,21,24)/b20-9+. The molecule has 0 saturated heterocycles. The van der Waals surface area contributed by atoms with Crippen LogP contribution in [0.3, 0.4) is 0 Å². The molecule has 1 amide bonds. The van der Waals surface area contributed by atoms with Crippen LogP contribution >= 0.6 is 22.9 Å². The highest BCUT2D eigenvalue weighted by Gasteiger charge is 2.20. The molecule has 0 aliphatic rings. The summed E-state index contributed by atoms with van der Waals surface area (Å²) < 4.78 is 6.07. The van der Waals surface area contributed by atoms with Crippen molar-refractivity contribution in [3.05, 3.63) is 62.0 Å². The number of nitro benzene ring substituents is 1. The first-order valence-electron chi connectivity index (χ1n) is 8.07. The third-order valence-electron chi connectivity index (χ3n) is 3.69. The second-order valence-electron chi connectivity index (χ2n) is 5.52. The first kappa shape index (κ1) is 19.6. The van der Waals surface area contributed by atoms with Crippen molar-refractivity contribution in [2.45, 2.75) is 6.92 Å². The van der Waals surface area contributed by atoms with Crippen LogP contribution < -0.4 is 10.2 Å². The summed E-state index contributed by atoms with van der Waals surface area (Å²) in [6.45, 7) is 1.90. The van der Waals surface area contributed by atoms with Gasteiger partial charge in [0.25, 0.3) is 5.91 Å². The number of ether oxygens (including phenoxy) is 1. The minimum absolute atomic E-state index is 0.0444. The average Bonchev–Trinajstić information content (AvgIpc) is 3.01. The number of nitrogens with zero attached hydrogens (tertiary/aromatic N) is 2. The van der Waals surface area contributed by atoms with Crippen molar-refractivity contribution in [3.8, 4) is 11.5 Å². The first-order valence-corrected chi connectivity index (χ1v) is 9.26. The Morgan fingerprint density at radius 3 is 2.86 bits per heavy atom. The highest BCUT2D eigenvalue weighted by Crippen LogP contribution is 2.37. The minimum atomic E-state index is -0.731. The Balaban J connectivity index is 1.82. The zero-order valence-electron chi connectivity index (χ0n) is 14.5.